The van der Waals surface area contributed by atoms with E-state index in [0.717, 1.165) is 79.4 Å². The van der Waals surface area contributed by atoms with Crippen molar-refractivity contribution in [2.24, 2.45) is 5.92 Å². The maximum Gasteiger partial charge on any atom is 0.119 e. The zero-order valence-electron chi connectivity index (χ0n) is 20.5. The van der Waals surface area contributed by atoms with E-state index in [1.54, 1.807) is 7.11 Å². The van der Waals surface area contributed by atoms with Gasteiger partial charge in [0.2, 0.25) is 0 Å². The van der Waals surface area contributed by atoms with Gasteiger partial charge in [0, 0.05) is 11.6 Å². The van der Waals surface area contributed by atoms with E-state index >= 15 is 0 Å². The van der Waals surface area contributed by atoms with Gasteiger partial charge in [0.15, 0.2) is 0 Å². The second kappa shape index (κ2) is 11.8. The number of nitrogens with one attached hydrogen (secondary N) is 1. The van der Waals surface area contributed by atoms with Gasteiger partial charge in [-0.2, -0.15) is 0 Å². The highest BCUT2D eigenvalue weighted by atomic mass is 16.5. The molecule has 4 rings (SSSR count). The summed E-state index contributed by atoms with van der Waals surface area (Å²) in [5.74, 6) is 1.23. The molecular weight excluding hydrogens is 424 g/mol. The van der Waals surface area contributed by atoms with Crippen LogP contribution in [-0.2, 0) is 12.8 Å². The number of rotatable bonds is 10. The first kappa shape index (κ1) is 24.6. The summed E-state index contributed by atoms with van der Waals surface area (Å²) in [6.07, 6.45) is 7.63. The van der Waals surface area contributed by atoms with Gasteiger partial charge in [-0.1, -0.05) is 24.3 Å². The molecule has 0 saturated carbocycles. The largest absolute Gasteiger partial charge is 0.497 e. The van der Waals surface area contributed by atoms with Gasteiger partial charge in [0.25, 0.3) is 0 Å². The normalized spacial score (nSPS) is 16.5. The molecule has 1 saturated heterocycles. The molecule has 0 bridgehead atoms. The molecule has 0 amide bonds. The molecule has 2 aromatic carbocycles. The predicted octanol–water partition coefficient (Wildman–Crippen LogP) is 4.90. The molecule has 3 N–H and O–H groups in total. The van der Waals surface area contributed by atoms with Crippen LogP contribution >= 0.6 is 0 Å². The summed E-state index contributed by atoms with van der Waals surface area (Å²) in [5, 5.41) is 25.8. The average Bonchev–Trinajstić information content (AvgIpc) is 2.88. The molecule has 0 unspecified atom stereocenters. The number of aryl methyl sites for hydroxylation is 3. The second-order valence-electron chi connectivity index (χ2n) is 9.66. The van der Waals surface area contributed by atoms with Crippen molar-refractivity contribution in [3.63, 3.8) is 0 Å². The van der Waals surface area contributed by atoms with Crippen LogP contribution in [0.3, 0.4) is 0 Å². The number of pyridine rings is 1. The van der Waals surface area contributed by atoms with Crippen LogP contribution in [0.2, 0.25) is 0 Å². The second-order valence-corrected chi connectivity index (χ2v) is 9.66. The number of ether oxygens (including phenoxy) is 1. The van der Waals surface area contributed by atoms with E-state index in [9.17, 15) is 10.2 Å². The van der Waals surface area contributed by atoms with Gasteiger partial charge < -0.3 is 20.3 Å². The Bertz CT molecular complexity index is 1060. The molecule has 34 heavy (non-hydrogen) atoms. The lowest BCUT2D eigenvalue weighted by Crippen LogP contribution is -2.34. The number of fused-ring (bicyclic) bond motifs is 1. The summed E-state index contributed by atoms with van der Waals surface area (Å²) in [6, 6.07) is 14.5. The molecule has 0 aliphatic carbocycles. The molecule has 1 aliphatic heterocycles. The third kappa shape index (κ3) is 6.15. The van der Waals surface area contributed by atoms with E-state index in [1.165, 1.54) is 11.1 Å². The van der Waals surface area contributed by atoms with E-state index in [-0.39, 0.29) is 6.10 Å². The van der Waals surface area contributed by atoms with Crippen LogP contribution in [0.5, 0.6) is 5.75 Å². The maximum atomic E-state index is 11.1. The van der Waals surface area contributed by atoms with Crippen molar-refractivity contribution in [3.8, 4) is 5.75 Å². The Kier molecular flexibility index (Phi) is 8.54. The van der Waals surface area contributed by atoms with Gasteiger partial charge in [0.1, 0.15) is 5.75 Å². The average molecular weight is 463 g/mol. The monoisotopic (exact) mass is 462 g/mol. The van der Waals surface area contributed by atoms with E-state index in [4.69, 9.17) is 4.74 Å². The predicted molar refractivity (Wildman–Crippen MR) is 137 cm³/mol. The highest BCUT2D eigenvalue weighted by Gasteiger charge is 2.21. The SMILES string of the molecule is COc1ccc2ncc(C)c([C@H](O)CCc3ccc(CCC[C@H](O)C4CCNCC4)cc3)c2c1. The number of hydrogen-bond donors (Lipinski definition) is 3. The van der Waals surface area contributed by atoms with Crippen LogP contribution in [0.15, 0.2) is 48.7 Å². The molecule has 3 aromatic rings. The molecule has 1 aliphatic rings. The van der Waals surface area contributed by atoms with Crippen LogP contribution in [0, 0.1) is 12.8 Å². The summed E-state index contributed by atoms with van der Waals surface area (Å²) in [6.45, 7) is 4.06. The van der Waals surface area contributed by atoms with E-state index < -0.39 is 6.10 Å². The number of hydrogen-bond acceptors (Lipinski definition) is 5. The summed E-state index contributed by atoms with van der Waals surface area (Å²) in [4.78, 5) is 4.50. The first-order valence-corrected chi connectivity index (χ1v) is 12.6. The van der Waals surface area contributed by atoms with Crippen molar-refractivity contribution >= 4 is 10.9 Å². The summed E-state index contributed by atoms with van der Waals surface area (Å²) in [7, 11) is 1.65. The lowest BCUT2D eigenvalue weighted by atomic mass is 9.89. The van der Waals surface area contributed by atoms with Crippen LogP contribution in [0.25, 0.3) is 10.9 Å². The van der Waals surface area contributed by atoms with E-state index in [0.29, 0.717) is 12.3 Å². The van der Waals surface area contributed by atoms with Crippen molar-refractivity contribution in [1.29, 1.82) is 0 Å². The molecule has 5 nitrogen and oxygen atoms in total. The van der Waals surface area contributed by atoms with Crippen LogP contribution in [0.4, 0.5) is 0 Å². The highest BCUT2D eigenvalue weighted by molar-refractivity contribution is 5.84. The number of aromatic nitrogens is 1. The Morgan fingerprint density at radius 2 is 1.71 bits per heavy atom. The van der Waals surface area contributed by atoms with Gasteiger partial charge in [-0.15, -0.1) is 0 Å². The van der Waals surface area contributed by atoms with Crippen molar-refractivity contribution in [2.45, 2.75) is 64.1 Å². The maximum absolute atomic E-state index is 11.1. The van der Waals surface area contributed by atoms with Gasteiger partial charge >= 0.3 is 0 Å². The molecule has 2 heterocycles. The summed E-state index contributed by atoms with van der Waals surface area (Å²) in [5.41, 5.74) is 5.34. The minimum absolute atomic E-state index is 0.171. The lowest BCUT2D eigenvalue weighted by molar-refractivity contribution is 0.0793. The fourth-order valence-electron chi connectivity index (χ4n) is 5.16. The topological polar surface area (TPSA) is 74.6 Å². The number of benzene rings is 2. The van der Waals surface area contributed by atoms with Crippen molar-refractivity contribution < 1.29 is 14.9 Å². The number of nitrogens with zero attached hydrogens (tertiary/aromatic N) is 1. The number of piperidine rings is 1. The number of aliphatic hydroxyl groups is 2. The standard InChI is InChI=1S/C29H38N2O3/c1-20-19-31-26-12-11-24(34-2)18-25(26)29(20)28(33)13-10-22-8-6-21(7-9-22)4-3-5-27(32)23-14-16-30-17-15-23/h6-9,11-12,18-19,23,27-28,30,32-33H,3-5,10,13-17H2,1-2H3/t27-,28+/m0/s1. The fourth-order valence-corrected chi connectivity index (χ4v) is 5.16. The highest BCUT2D eigenvalue weighted by Crippen LogP contribution is 2.31. The van der Waals surface area contributed by atoms with Gasteiger partial charge in [-0.05, 0) is 111 Å². The van der Waals surface area contributed by atoms with Crippen molar-refractivity contribution in [1.82, 2.24) is 10.3 Å². The molecule has 2 atom stereocenters. The van der Waals surface area contributed by atoms with Gasteiger partial charge in [-0.3, -0.25) is 4.98 Å². The first-order valence-electron chi connectivity index (χ1n) is 12.6. The fraction of sp³-hybridized carbons (Fsp3) is 0.483. The molecule has 5 heteroatoms. The minimum Gasteiger partial charge on any atom is -0.497 e. The number of methoxy groups -OCH3 is 1. The van der Waals surface area contributed by atoms with Gasteiger partial charge in [-0.25, -0.2) is 0 Å². The molecule has 182 valence electrons. The van der Waals surface area contributed by atoms with Gasteiger partial charge in [0.05, 0.1) is 24.8 Å². The van der Waals surface area contributed by atoms with Crippen LogP contribution < -0.4 is 10.1 Å². The summed E-state index contributed by atoms with van der Waals surface area (Å²) >= 11 is 0. The molecule has 0 spiro atoms. The number of aliphatic hydroxyl groups excluding tert-OH is 2. The van der Waals surface area contributed by atoms with E-state index in [1.807, 2.05) is 31.3 Å². The van der Waals surface area contributed by atoms with Crippen LogP contribution in [0.1, 0.15) is 60.5 Å². The molecular formula is C29H38N2O3. The van der Waals surface area contributed by atoms with E-state index in [2.05, 4.69) is 34.6 Å². The Morgan fingerprint density at radius 3 is 2.41 bits per heavy atom. The zero-order valence-corrected chi connectivity index (χ0v) is 20.5. The third-order valence-electron chi connectivity index (χ3n) is 7.27. The first-order chi connectivity index (χ1) is 16.5. The molecule has 1 aromatic heterocycles. The Hall–Kier alpha value is -2.47. The van der Waals surface area contributed by atoms with Crippen molar-refractivity contribution in [2.75, 3.05) is 20.2 Å². The Morgan fingerprint density at radius 1 is 1.00 bits per heavy atom. The Labute approximate surface area is 203 Å². The van der Waals surface area contributed by atoms with Crippen LogP contribution in [-0.4, -0.2) is 41.5 Å². The molecule has 0 radical (unpaired) electrons. The lowest BCUT2D eigenvalue weighted by Gasteiger charge is -2.27. The quantitative estimate of drug-likeness (QED) is 0.400. The van der Waals surface area contributed by atoms with Crippen molar-refractivity contribution in [3.05, 3.63) is 70.9 Å². The minimum atomic E-state index is -0.561. The zero-order chi connectivity index (χ0) is 23.9. The molecule has 1 fully saturated rings. The third-order valence-corrected chi connectivity index (χ3v) is 7.27. The summed E-state index contributed by atoms with van der Waals surface area (Å²) < 4.78 is 5.38. The smallest absolute Gasteiger partial charge is 0.119 e. The Balaban J connectivity index is 1.30.